The van der Waals surface area contributed by atoms with E-state index in [2.05, 4.69) is 0 Å². The van der Waals surface area contributed by atoms with Crippen molar-refractivity contribution in [3.05, 3.63) is 59.2 Å². The van der Waals surface area contributed by atoms with Crippen molar-refractivity contribution in [3.8, 4) is 5.75 Å². The van der Waals surface area contributed by atoms with Gasteiger partial charge < -0.3 is 14.4 Å². The second kappa shape index (κ2) is 5.13. The summed E-state index contributed by atoms with van der Waals surface area (Å²) in [5.74, 6) is 0.515. The minimum Gasteiger partial charge on any atom is -0.497 e. The highest BCUT2D eigenvalue weighted by atomic mass is 16.5. The third-order valence-electron chi connectivity index (χ3n) is 3.70. The van der Waals surface area contributed by atoms with Crippen LogP contribution in [-0.4, -0.2) is 27.2 Å². The average Bonchev–Trinajstić information content (AvgIpc) is 2.84. The third-order valence-corrected chi connectivity index (χ3v) is 3.70. The van der Waals surface area contributed by atoms with Crippen LogP contribution >= 0.6 is 0 Å². The first-order valence-corrected chi connectivity index (χ1v) is 6.76. The molecule has 0 radical (unpaired) electrons. The molecule has 0 aliphatic carbocycles. The van der Waals surface area contributed by atoms with Gasteiger partial charge in [-0.1, -0.05) is 18.2 Å². The number of carbonyl (C=O) groups excluding carboxylic acids is 1. The topological polar surface area (TPSA) is 38.8 Å². The van der Waals surface area contributed by atoms with E-state index in [4.69, 9.17) is 9.47 Å². The van der Waals surface area contributed by atoms with Gasteiger partial charge in [-0.05, 0) is 29.8 Å². The van der Waals surface area contributed by atoms with Gasteiger partial charge >= 0.3 is 5.97 Å². The van der Waals surface area contributed by atoms with E-state index in [0.717, 1.165) is 22.6 Å². The Bertz CT molecular complexity index is 677. The van der Waals surface area contributed by atoms with Gasteiger partial charge in [0.25, 0.3) is 0 Å². The summed E-state index contributed by atoms with van der Waals surface area (Å²) in [7, 11) is 5.52. The molecule has 0 saturated heterocycles. The number of carbonyl (C=O) groups is 1. The van der Waals surface area contributed by atoms with Crippen molar-refractivity contribution in [2.75, 3.05) is 26.1 Å². The lowest BCUT2D eigenvalue weighted by atomic mass is 9.98. The van der Waals surface area contributed by atoms with Gasteiger partial charge in [-0.2, -0.15) is 0 Å². The fraction of sp³-hybridized carbons (Fsp3) is 0.235. The first kappa shape index (κ1) is 13.5. The van der Waals surface area contributed by atoms with E-state index < -0.39 is 0 Å². The summed E-state index contributed by atoms with van der Waals surface area (Å²) in [6, 6.07) is 13.4. The fourth-order valence-corrected chi connectivity index (χ4v) is 2.49. The lowest BCUT2D eigenvalue weighted by Gasteiger charge is -2.14. The molecule has 0 aromatic heterocycles. The van der Waals surface area contributed by atoms with Crippen LogP contribution in [0.15, 0.2) is 42.5 Å². The molecule has 2 aromatic carbocycles. The molecule has 108 valence electrons. The monoisotopic (exact) mass is 283 g/mol. The minimum atomic E-state index is -0.338. The number of methoxy groups -OCH3 is 1. The van der Waals surface area contributed by atoms with Crippen molar-refractivity contribution >= 4 is 11.7 Å². The summed E-state index contributed by atoms with van der Waals surface area (Å²) in [5, 5.41) is 0. The van der Waals surface area contributed by atoms with Crippen LogP contribution in [0.1, 0.15) is 27.6 Å². The first-order chi connectivity index (χ1) is 10.1. The van der Waals surface area contributed by atoms with Gasteiger partial charge in [0, 0.05) is 25.3 Å². The maximum atomic E-state index is 12.1. The zero-order valence-corrected chi connectivity index (χ0v) is 12.3. The Morgan fingerprint density at radius 3 is 2.43 bits per heavy atom. The highest BCUT2D eigenvalue weighted by molar-refractivity contribution is 5.95. The van der Waals surface area contributed by atoms with Crippen LogP contribution in [0.2, 0.25) is 0 Å². The summed E-state index contributed by atoms with van der Waals surface area (Å²) < 4.78 is 10.7. The van der Waals surface area contributed by atoms with Crippen molar-refractivity contribution in [1.29, 1.82) is 0 Å². The van der Waals surface area contributed by atoms with Crippen LogP contribution in [-0.2, 0) is 4.74 Å². The van der Waals surface area contributed by atoms with Crippen molar-refractivity contribution in [1.82, 2.24) is 0 Å². The lowest BCUT2D eigenvalue weighted by molar-refractivity contribution is 0.0456. The van der Waals surface area contributed by atoms with Gasteiger partial charge in [0.15, 0.2) is 6.10 Å². The van der Waals surface area contributed by atoms with E-state index in [9.17, 15) is 4.79 Å². The van der Waals surface area contributed by atoms with Crippen molar-refractivity contribution in [2.45, 2.75) is 6.10 Å². The molecular weight excluding hydrogens is 266 g/mol. The number of benzene rings is 2. The molecule has 0 N–H and O–H groups in total. The number of esters is 1. The molecule has 0 spiro atoms. The summed E-state index contributed by atoms with van der Waals surface area (Å²) in [6.07, 6.45) is -0.338. The average molecular weight is 283 g/mol. The van der Waals surface area contributed by atoms with E-state index in [1.54, 1.807) is 7.11 Å². The van der Waals surface area contributed by atoms with Gasteiger partial charge in [0.05, 0.1) is 12.7 Å². The van der Waals surface area contributed by atoms with Crippen LogP contribution in [0.25, 0.3) is 0 Å². The van der Waals surface area contributed by atoms with Gasteiger partial charge in [0.2, 0.25) is 0 Å². The molecule has 0 amide bonds. The van der Waals surface area contributed by atoms with E-state index in [0.29, 0.717) is 5.56 Å². The van der Waals surface area contributed by atoms with E-state index in [1.807, 2.05) is 61.5 Å². The van der Waals surface area contributed by atoms with Gasteiger partial charge in [-0.25, -0.2) is 4.79 Å². The number of anilines is 1. The molecule has 1 unspecified atom stereocenters. The van der Waals surface area contributed by atoms with Crippen LogP contribution in [0, 0.1) is 0 Å². The molecule has 3 rings (SSSR count). The fourth-order valence-electron chi connectivity index (χ4n) is 2.49. The Hall–Kier alpha value is -2.49. The van der Waals surface area contributed by atoms with E-state index in [1.165, 1.54) is 0 Å². The SMILES string of the molecule is COc1ccc(C2OC(=O)c3cc(N(C)C)ccc32)cc1. The van der Waals surface area contributed by atoms with Crippen molar-refractivity contribution < 1.29 is 14.3 Å². The van der Waals surface area contributed by atoms with Crippen LogP contribution in [0.4, 0.5) is 5.69 Å². The van der Waals surface area contributed by atoms with Gasteiger partial charge in [-0.3, -0.25) is 0 Å². The molecule has 0 fully saturated rings. The molecule has 1 aliphatic heterocycles. The highest BCUT2D eigenvalue weighted by Crippen LogP contribution is 2.37. The van der Waals surface area contributed by atoms with Gasteiger partial charge in [-0.15, -0.1) is 0 Å². The molecule has 2 aromatic rings. The number of hydrogen-bond acceptors (Lipinski definition) is 4. The van der Waals surface area contributed by atoms with E-state index >= 15 is 0 Å². The summed E-state index contributed by atoms with van der Waals surface area (Å²) in [5.41, 5.74) is 3.49. The summed E-state index contributed by atoms with van der Waals surface area (Å²) >= 11 is 0. The minimum absolute atomic E-state index is 0.269. The number of hydrogen-bond donors (Lipinski definition) is 0. The normalized spacial score (nSPS) is 16.3. The summed E-state index contributed by atoms with van der Waals surface area (Å²) in [6.45, 7) is 0. The Morgan fingerprint density at radius 1 is 1.10 bits per heavy atom. The van der Waals surface area contributed by atoms with Crippen LogP contribution < -0.4 is 9.64 Å². The quantitative estimate of drug-likeness (QED) is 0.812. The number of cyclic esters (lactones) is 1. The predicted octanol–water partition coefficient (Wildman–Crippen LogP) is 3.02. The Labute approximate surface area is 123 Å². The molecule has 21 heavy (non-hydrogen) atoms. The first-order valence-electron chi connectivity index (χ1n) is 6.76. The predicted molar refractivity (Wildman–Crippen MR) is 81.0 cm³/mol. The number of ether oxygens (including phenoxy) is 2. The Morgan fingerprint density at radius 2 is 1.81 bits per heavy atom. The molecule has 1 heterocycles. The standard InChI is InChI=1S/C17H17NO3/c1-18(2)12-6-9-14-15(10-12)17(19)21-16(14)11-4-7-13(20-3)8-5-11/h4-10,16H,1-3H3. The molecule has 4 nitrogen and oxygen atoms in total. The number of rotatable bonds is 3. The zero-order valence-electron chi connectivity index (χ0n) is 12.3. The molecular formula is C17H17NO3. The molecule has 0 saturated carbocycles. The smallest absolute Gasteiger partial charge is 0.339 e. The summed E-state index contributed by atoms with van der Waals surface area (Å²) in [4.78, 5) is 14.0. The second-order valence-electron chi connectivity index (χ2n) is 5.22. The molecule has 1 atom stereocenters. The van der Waals surface area contributed by atoms with Gasteiger partial charge in [0.1, 0.15) is 5.75 Å². The molecule has 4 heteroatoms. The van der Waals surface area contributed by atoms with Crippen LogP contribution in [0.5, 0.6) is 5.75 Å². The van der Waals surface area contributed by atoms with Crippen molar-refractivity contribution in [3.63, 3.8) is 0 Å². The zero-order chi connectivity index (χ0) is 15.0. The van der Waals surface area contributed by atoms with Crippen LogP contribution in [0.3, 0.4) is 0 Å². The Balaban J connectivity index is 1.99. The molecule has 1 aliphatic rings. The van der Waals surface area contributed by atoms with Crippen molar-refractivity contribution in [2.24, 2.45) is 0 Å². The lowest BCUT2D eigenvalue weighted by Crippen LogP contribution is -2.09. The molecule has 0 bridgehead atoms. The second-order valence-corrected chi connectivity index (χ2v) is 5.22. The highest BCUT2D eigenvalue weighted by Gasteiger charge is 2.32. The largest absolute Gasteiger partial charge is 0.497 e. The third kappa shape index (κ3) is 2.33. The Kier molecular flexibility index (Phi) is 3.29. The maximum absolute atomic E-state index is 12.1. The maximum Gasteiger partial charge on any atom is 0.339 e. The number of nitrogens with zero attached hydrogens (tertiary/aromatic N) is 1. The number of fused-ring (bicyclic) bond motifs is 1. The van der Waals surface area contributed by atoms with E-state index in [-0.39, 0.29) is 12.1 Å².